The van der Waals surface area contributed by atoms with Crippen molar-refractivity contribution in [2.45, 2.75) is 96.3 Å². The number of hydrogen-bond donors (Lipinski definition) is 0. The maximum atomic E-state index is 12.6. The van der Waals surface area contributed by atoms with E-state index in [2.05, 4.69) is 31.2 Å². The van der Waals surface area contributed by atoms with Gasteiger partial charge in [0.2, 0.25) is 0 Å². The maximum absolute atomic E-state index is 12.6. The maximum Gasteiger partial charge on any atom is 0.140 e. The van der Waals surface area contributed by atoms with E-state index in [1.165, 1.54) is 68.9 Å². The Hall–Kier alpha value is -1.11. The summed E-state index contributed by atoms with van der Waals surface area (Å²) in [6.45, 7) is 2.27. The average Bonchev–Trinajstić information content (AvgIpc) is 2.59. The van der Waals surface area contributed by atoms with E-state index in [1.807, 2.05) is 0 Å². The number of rotatable bonds is 11. The Morgan fingerprint density at radius 3 is 2.35 bits per heavy atom. The molecule has 0 aliphatic heterocycles. The highest BCUT2D eigenvalue weighted by atomic mass is 16.1. The molecule has 128 valence electrons. The van der Waals surface area contributed by atoms with Gasteiger partial charge in [-0.3, -0.25) is 4.79 Å². The number of ketones is 1. The second-order valence-corrected chi connectivity index (χ2v) is 7.19. The van der Waals surface area contributed by atoms with Gasteiger partial charge < -0.3 is 0 Å². The predicted octanol–water partition coefficient (Wildman–Crippen LogP) is 6.60. The Kier molecular flexibility index (Phi) is 8.42. The molecule has 0 saturated carbocycles. The first-order chi connectivity index (χ1) is 11.3. The van der Waals surface area contributed by atoms with E-state index >= 15 is 0 Å². The van der Waals surface area contributed by atoms with Crippen molar-refractivity contribution in [2.24, 2.45) is 0 Å². The monoisotopic (exact) mass is 314 g/mol. The van der Waals surface area contributed by atoms with E-state index < -0.39 is 0 Å². The van der Waals surface area contributed by atoms with E-state index in [-0.39, 0.29) is 5.92 Å². The third-order valence-corrected chi connectivity index (χ3v) is 5.28. The summed E-state index contributed by atoms with van der Waals surface area (Å²) in [5.41, 5.74) is 2.73. The summed E-state index contributed by atoms with van der Waals surface area (Å²) in [4.78, 5) is 12.6. The minimum absolute atomic E-state index is 0.189. The lowest BCUT2D eigenvalue weighted by atomic mass is 9.79. The second-order valence-electron chi connectivity index (χ2n) is 7.19. The number of carbonyl (C=O) groups excluding carboxylic acids is 1. The molecule has 0 N–H and O–H groups in total. The number of unbranched alkanes of at least 4 members (excludes halogenated alkanes) is 8. The van der Waals surface area contributed by atoms with Crippen LogP contribution in [0.25, 0.3) is 0 Å². The fourth-order valence-corrected chi connectivity index (χ4v) is 3.87. The van der Waals surface area contributed by atoms with Crippen molar-refractivity contribution in [2.75, 3.05) is 0 Å². The molecule has 23 heavy (non-hydrogen) atoms. The molecule has 1 unspecified atom stereocenters. The molecule has 1 heteroatoms. The van der Waals surface area contributed by atoms with E-state index in [0.717, 1.165) is 25.7 Å². The Morgan fingerprint density at radius 1 is 0.957 bits per heavy atom. The summed E-state index contributed by atoms with van der Waals surface area (Å²) >= 11 is 0. The standard InChI is InChI=1S/C22H34O/c1-2-3-4-5-6-7-8-9-10-18-22(23)21-17-13-15-19-14-11-12-16-20(19)21/h11-12,14,16,21H,2-10,13,15,17-18H2,1H3. The first-order valence-corrected chi connectivity index (χ1v) is 9.93. The molecule has 0 aromatic heterocycles. The van der Waals surface area contributed by atoms with Crippen LogP contribution in [0.2, 0.25) is 0 Å². The minimum atomic E-state index is 0.189. The van der Waals surface area contributed by atoms with Crippen LogP contribution in [0.5, 0.6) is 0 Å². The summed E-state index contributed by atoms with van der Waals surface area (Å²) in [6, 6.07) is 8.57. The average molecular weight is 315 g/mol. The molecule has 0 amide bonds. The predicted molar refractivity (Wildman–Crippen MR) is 99.0 cm³/mol. The van der Waals surface area contributed by atoms with Gasteiger partial charge in [0.05, 0.1) is 0 Å². The normalized spacial score (nSPS) is 17.0. The molecule has 0 fully saturated rings. The van der Waals surface area contributed by atoms with E-state index in [0.29, 0.717) is 5.78 Å². The molecule has 1 aliphatic carbocycles. The SMILES string of the molecule is CCCCCCCCCCCC(=O)C1CCCc2ccccc21. The van der Waals surface area contributed by atoms with Gasteiger partial charge >= 0.3 is 0 Å². The van der Waals surface area contributed by atoms with Gasteiger partial charge in [-0.25, -0.2) is 0 Å². The Labute approximate surface area is 142 Å². The zero-order valence-corrected chi connectivity index (χ0v) is 15.0. The van der Waals surface area contributed by atoms with Crippen LogP contribution in [0.4, 0.5) is 0 Å². The molecule has 0 bridgehead atoms. The van der Waals surface area contributed by atoms with Crippen molar-refractivity contribution in [1.29, 1.82) is 0 Å². The Bertz CT molecular complexity index is 463. The highest BCUT2D eigenvalue weighted by Gasteiger charge is 2.25. The number of Topliss-reactive ketones (excluding diaryl/α,β-unsaturated/α-hetero) is 1. The van der Waals surface area contributed by atoms with Gasteiger partial charge in [-0.05, 0) is 36.8 Å². The van der Waals surface area contributed by atoms with Gasteiger partial charge in [0.15, 0.2) is 0 Å². The summed E-state index contributed by atoms with van der Waals surface area (Å²) in [5.74, 6) is 0.675. The molecule has 1 nitrogen and oxygen atoms in total. The molecule has 1 atom stereocenters. The largest absolute Gasteiger partial charge is 0.299 e. The minimum Gasteiger partial charge on any atom is -0.299 e. The lowest BCUT2D eigenvalue weighted by molar-refractivity contribution is -0.120. The molecule has 0 radical (unpaired) electrons. The van der Waals surface area contributed by atoms with Crippen molar-refractivity contribution >= 4 is 5.78 Å². The molecule has 2 rings (SSSR count). The number of hydrogen-bond acceptors (Lipinski definition) is 1. The van der Waals surface area contributed by atoms with Crippen molar-refractivity contribution in [3.8, 4) is 0 Å². The quantitative estimate of drug-likeness (QED) is 0.421. The summed E-state index contributed by atoms with van der Waals surface area (Å²) in [5, 5.41) is 0. The van der Waals surface area contributed by atoms with Crippen LogP contribution >= 0.6 is 0 Å². The van der Waals surface area contributed by atoms with Crippen molar-refractivity contribution in [3.63, 3.8) is 0 Å². The summed E-state index contributed by atoms with van der Waals surface area (Å²) < 4.78 is 0. The van der Waals surface area contributed by atoms with Gasteiger partial charge in [0.1, 0.15) is 5.78 Å². The smallest absolute Gasteiger partial charge is 0.140 e. The third-order valence-electron chi connectivity index (χ3n) is 5.28. The van der Waals surface area contributed by atoms with Crippen LogP contribution in [0.3, 0.4) is 0 Å². The molecule has 1 aromatic carbocycles. The third kappa shape index (κ3) is 6.12. The fourth-order valence-electron chi connectivity index (χ4n) is 3.87. The van der Waals surface area contributed by atoms with Crippen LogP contribution < -0.4 is 0 Å². The number of carbonyl (C=O) groups is 1. The van der Waals surface area contributed by atoms with Gasteiger partial charge in [-0.15, -0.1) is 0 Å². The van der Waals surface area contributed by atoms with E-state index in [1.54, 1.807) is 0 Å². The first-order valence-electron chi connectivity index (χ1n) is 9.93. The van der Waals surface area contributed by atoms with Crippen LogP contribution in [-0.4, -0.2) is 5.78 Å². The molecule has 0 saturated heterocycles. The first kappa shape index (κ1) is 18.2. The van der Waals surface area contributed by atoms with E-state index in [9.17, 15) is 4.79 Å². The number of benzene rings is 1. The molecular formula is C22H34O. The summed E-state index contributed by atoms with van der Waals surface area (Å²) in [6.07, 6.45) is 16.0. The number of aryl methyl sites for hydroxylation is 1. The lowest BCUT2D eigenvalue weighted by Gasteiger charge is -2.24. The van der Waals surface area contributed by atoms with Crippen molar-refractivity contribution < 1.29 is 4.79 Å². The molecular weight excluding hydrogens is 280 g/mol. The van der Waals surface area contributed by atoms with Crippen LogP contribution in [0.15, 0.2) is 24.3 Å². The van der Waals surface area contributed by atoms with Crippen LogP contribution in [0.1, 0.15) is 101 Å². The Balaban J connectivity index is 1.61. The molecule has 0 spiro atoms. The van der Waals surface area contributed by atoms with Crippen molar-refractivity contribution in [3.05, 3.63) is 35.4 Å². The summed E-state index contributed by atoms with van der Waals surface area (Å²) in [7, 11) is 0. The highest BCUT2D eigenvalue weighted by molar-refractivity contribution is 5.86. The van der Waals surface area contributed by atoms with Crippen LogP contribution in [0, 0.1) is 0 Å². The van der Waals surface area contributed by atoms with Gasteiger partial charge in [-0.2, -0.15) is 0 Å². The zero-order chi connectivity index (χ0) is 16.3. The number of fused-ring (bicyclic) bond motifs is 1. The Morgan fingerprint density at radius 2 is 1.61 bits per heavy atom. The van der Waals surface area contributed by atoms with Gasteiger partial charge in [-0.1, -0.05) is 82.6 Å². The van der Waals surface area contributed by atoms with Gasteiger partial charge in [0, 0.05) is 12.3 Å². The fraction of sp³-hybridized carbons (Fsp3) is 0.682. The van der Waals surface area contributed by atoms with E-state index in [4.69, 9.17) is 0 Å². The van der Waals surface area contributed by atoms with Gasteiger partial charge in [0.25, 0.3) is 0 Å². The lowest BCUT2D eigenvalue weighted by Crippen LogP contribution is -2.18. The molecule has 1 aliphatic rings. The topological polar surface area (TPSA) is 17.1 Å². The van der Waals surface area contributed by atoms with Crippen LogP contribution in [-0.2, 0) is 11.2 Å². The second kappa shape index (κ2) is 10.6. The zero-order valence-electron chi connectivity index (χ0n) is 15.0. The molecule has 1 aromatic rings. The van der Waals surface area contributed by atoms with Crippen molar-refractivity contribution in [1.82, 2.24) is 0 Å². The highest BCUT2D eigenvalue weighted by Crippen LogP contribution is 2.33. The molecule has 0 heterocycles.